The third kappa shape index (κ3) is 2.76. The summed E-state index contributed by atoms with van der Waals surface area (Å²) in [6, 6.07) is 11.8. The number of rotatable bonds is 4. The minimum absolute atomic E-state index is 0.318. The van der Waals surface area contributed by atoms with Crippen molar-refractivity contribution in [1.82, 2.24) is 25.1 Å². The molecule has 3 heterocycles. The Labute approximate surface area is 131 Å². The zero-order valence-electron chi connectivity index (χ0n) is 12.4. The molecule has 1 aromatic carbocycles. The van der Waals surface area contributed by atoms with E-state index in [1.54, 1.807) is 29.3 Å². The molecule has 0 radical (unpaired) electrons. The molecule has 0 atom stereocenters. The number of aromatic nitrogens is 5. The Bertz CT molecular complexity index is 906. The van der Waals surface area contributed by atoms with Crippen molar-refractivity contribution >= 4 is 0 Å². The molecule has 0 saturated carbocycles. The van der Waals surface area contributed by atoms with Gasteiger partial charge in [0.05, 0.1) is 19.0 Å². The van der Waals surface area contributed by atoms with E-state index in [0.717, 1.165) is 5.56 Å². The SMILES string of the molecule is Cc1ccc(Cn2cc(-c3noc(-c4ccco4)n3)nn2)cc1. The number of hydrogen-bond donors (Lipinski definition) is 0. The summed E-state index contributed by atoms with van der Waals surface area (Å²) >= 11 is 0. The number of hydrogen-bond acceptors (Lipinski definition) is 6. The molecule has 23 heavy (non-hydrogen) atoms. The molecule has 0 aliphatic heterocycles. The van der Waals surface area contributed by atoms with Gasteiger partial charge in [-0.05, 0) is 24.6 Å². The van der Waals surface area contributed by atoms with Crippen molar-refractivity contribution in [2.45, 2.75) is 13.5 Å². The van der Waals surface area contributed by atoms with Crippen LogP contribution < -0.4 is 0 Å². The summed E-state index contributed by atoms with van der Waals surface area (Å²) in [5.74, 6) is 1.22. The van der Waals surface area contributed by atoms with E-state index in [4.69, 9.17) is 8.94 Å². The summed E-state index contributed by atoms with van der Waals surface area (Å²) in [5.41, 5.74) is 2.93. The lowest BCUT2D eigenvalue weighted by atomic mass is 10.1. The summed E-state index contributed by atoms with van der Waals surface area (Å²) in [6.45, 7) is 2.69. The molecule has 7 heteroatoms. The second-order valence-electron chi connectivity index (χ2n) is 5.19. The van der Waals surface area contributed by atoms with Gasteiger partial charge < -0.3 is 8.94 Å². The topological polar surface area (TPSA) is 82.8 Å². The molecule has 0 bridgehead atoms. The van der Waals surface area contributed by atoms with Crippen LogP contribution in [0.25, 0.3) is 23.2 Å². The molecule has 0 aliphatic carbocycles. The van der Waals surface area contributed by atoms with E-state index in [1.807, 2.05) is 0 Å². The summed E-state index contributed by atoms with van der Waals surface area (Å²) in [5, 5.41) is 12.1. The van der Waals surface area contributed by atoms with Gasteiger partial charge in [-0.25, -0.2) is 4.68 Å². The first-order chi connectivity index (χ1) is 11.3. The Morgan fingerprint density at radius 1 is 1.13 bits per heavy atom. The molecule has 114 valence electrons. The Morgan fingerprint density at radius 2 is 2.00 bits per heavy atom. The van der Waals surface area contributed by atoms with E-state index in [9.17, 15) is 0 Å². The van der Waals surface area contributed by atoms with E-state index in [2.05, 4.69) is 51.6 Å². The lowest BCUT2D eigenvalue weighted by molar-refractivity contribution is 0.416. The third-order valence-corrected chi connectivity index (χ3v) is 3.39. The van der Waals surface area contributed by atoms with Gasteiger partial charge in [0.1, 0.15) is 0 Å². The maximum absolute atomic E-state index is 5.23. The molecule has 4 aromatic rings. The fraction of sp³-hybridized carbons (Fsp3) is 0.125. The maximum Gasteiger partial charge on any atom is 0.293 e. The highest BCUT2D eigenvalue weighted by Crippen LogP contribution is 2.21. The van der Waals surface area contributed by atoms with Crippen molar-refractivity contribution in [3.05, 3.63) is 60.0 Å². The number of furan rings is 1. The quantitative estimate of drug-likeness (QED) is 0.576. The predicted octanol–water partition coefficient (Wildman–Crippen LogP) is 2.94. The molecule has 0 N–H and O–H groups in total. The van der Waals surface area contributed by atoms with E-state index in [-0.39, 0.29) is 0 Å². The van der Waals surface area contributed by atoms with Crippen LogP contribution in [-0.4, -0.2) is 25.1 Å². The molecule has 0 amide bonds. The molecule has 4 rings (SSSR count). The Balaban J connectivity index is 1.55. The van der Waals surface area contributed by atoms with Crippen LogP contribution in [-0.2, 0) is 6.54 Å². The normalized spacial score (nSPS) is 11.0. The van der Waals surface area contributed by atoms with Crippen LogP contribution in [0.15, 0.2) is 57.8 Å². The Morgan fingerprint density at radius 3 is 2.78 bits per heavy atom. The maximum atomic E-state index is 5.23. The number of aryl methyl sites for hydroxylation is 1. The smallest absolute Gasteiger partial charge is 0.293 e. The summed E-state index contributed by atoms with van der Waals surface area (Å²) < 4.78 is 12.1. The molecule has 7 nitrogen and oxygen atoms in total. The Hall–Kier alpha value is -3.22. The minimum atomic E-state index is 0.318. The van der Waals surface area contributed by atoms with Crippen LogP contribution in [0.1, 0.15) is 11.1 Å². The molecular weight excluding hydrogens is 294 g/mol. The monoisotopic (exact) mass is 307 g/mol. The zero-order chi connectivity index (χ0) is 15.6. The van der Waals surface area contributed by atoms with Gasteiger partial charge >= 0.3 is 0 Å². The molecule has 0 fully saturated rings. The van der Waals surface area contributed by atoms with Crippen molar-refractivity contribution in [3.8, 4) is 23.2 Å². The van der Waals surface area contributed by atoms with Gasteiger partial charge in [0.2, 0.25) is 5.82 Å². The van der Waals surface area contributed by atoms with Gasteiger partial charge in [-0.3, -0.25) is 0 Å². The number of nitrogens with zero attached hydrogens (tertiary/aromatic N) is 5. The highest BCUT2D eigenvalue weighted by Gasteiger charge is 2.15. The van der Waals surface area contributed by atoms with Crippen molar-refractivity contribution in [2.24, 2.45) is 0 Å². The van der Waals surface area contributed by atoms with Gasteiger partial charge in [0.25, 0.3) is 5.89 Å². The molecule has 0 spiro atoms. The minimum Gasteiger partial charge on any atom is -0.459 e. The van der Waals surface area contributed by atoms with E-state index >= 15 is 0 Å². The van der Waals surface area contributed by atoms with Gasteiger partial charge in [-0.2, -0.15) is 4.98 Å². The molecule has 0 unspecified atom stereocenters. The van der Waals surface area contributed by atoms with Crippen LogP contribution in [0.2, 0.25) is 0 Å². The molecular formula is C16H13N5O2. The highest BCUT2D eigenvalue weighted by atomic mass is 16.5. The second kappa shape index (κ2) is 5.53. The first-order valence-electron chi connectivity index (χ1n) is 7.11. The van der Waals surface area contributed by atoms with Gasteiger partial charge in [0.15, 0.2) is 11.5 Å². The molecule has 0 saturated heterocycles. The lowest BCUT2D eigenvalue weighted by Gasteiger charge is -2.00. The van der Waals surface area contributed by atoms with Crippen LogP contribution in [0, 0.1) is 6.92 Å². The highest BCUT2D eigenvalue weighted by molar-refractivity contribution is 5.51. The van der Waals surface area contributed by atoms with Crippen molar-refractivity contribution < 1.29 is 8.94 Å². The summed E-state index contributed by atoms with van der Waals surface area (Å²) in [6.07, 6.45) is 3.34. The average molecular weight is 307 g/mol. The Kier molecular flexibility index (Phi) is 3.23. The first kappa shape index (κ1) is 13.4. The van der Waals surface area contributed by atoms with E-state index < -0.39 is 0 Å². The van der Waals surface area contributed by atoms with Crippen molar-refractivity contribution in [3.63, 3.8) is 0 Å². The number of benzene rings is 1. The second-order valence-corrected chi connectivity index (χ2v) is 5.19. The third-order valence-electron chi connectivity index (χ3n) is 3.39. The van der Waals surface area contributed by atoms with E-state index in [0.29, 0.717) is 29.7 Å². The van der Waals surface area contributed by atoms with Crippen LogP contribution in [0.5, 0.6) is 0 Å². The lowest BCUT2D eigenvalue weighted by Crippen LogP contribution is -2.00. The summed E-state index contributed by atoms with van der Waals surface area (Å²) in [7, 11) is 0. The van der Waals surface area contributed by atoms with Gasteiger partial charge in [-0.15, -0.1) is 5.10 Å². The average Bonchev–Trinajstić information content (AvgIpc) is 3.30. The fourth-order valence-electron chi connectivity index (χ4n) is 2.19. The zero-order valence-corrected chi connectivity index (χ0v) is 12.4. The molecule has 0 aliphatic rings. The first-order valence-corrected chi connectivity index (χ1v) is 7.11. The fourth-order valence-corrected chi connectivity index (χ4v) is 2.19. The van der Waals surface area contributed by atoms with Gasteiger partial charge in [-0.1, -0.05) is 40.2 Å². The van der Waals surface area contributed by atoms with Crippen LogP contribution >= 0.6 is 0 Å². The van der Waals surface area contributed by atoms with Crippen molar-refractivity contribution in [1.29, 1.82) is 0 Å². The van der Waals surface area contributed by atoms with Crippen LogP contribution in [0.3, 0.4) is 0 Å². The summed E-state index contributed by atoms with van der Waals surface area (Å²) in [4.78, 5) is 4.27. The van der Waals surface area contributed by atoms with Crippen molar-refractivity contribution in [2.75, 3.05) is 0 Å². The predicted molar refractivity (Wildman–Crippen MR) is 81.3 cm³/mol. The van der Waals surface area contributed by atoms with Gasteiger partial charge in [0, 0.05) is 0 Å². The van der Waals surface area contributed by atoms with E-state index in [1.165, 1.54) is 5.56 Å². The largest absolute Gasteiger partial charge is 0.459 e. The standard InChI is InChI=1S/C16H13N5O2/c1-11-4-6-12(7-5-11)9-21-10-13(18-20-21)15-17-16(23-19-15)14-3-2-8-22-14/h2-8,10H,9H2,1H3. The van der Waals surface area contributed by atoms with Crippen LogP contribution in [0.4, 0.5) is 0 Å². The molecule has 3 aromatic heterocycles.